The molecule has 68 valence electrons. The number of hydrogen-bond acceptors (Lipinski definition) is 3. The summed E-state index contributed by atoms with van der Waals surface area (Å²) in [7, 11) is 0. The second-order valence-corrected chi connectivity index (χ2v) is 4.58. The number of carbonyl (C=O) groups excluding carboxylic acids is 1. The van der Waals surface area contributed by atoms with Crippen LogP contribution in [-0.4, -0.2) is 15.2 Å². The summed E-state index contributed by atoms with van der Waals surface area (Å²) in [5.74, 6) is 0.101. The second-order valence-electron chi connectivity index (χ2n) is 2.79. The van der Waals surface area contributed by atoms with Crippen molar-refractivity contribution in [2.45, 2.75) is 13.8 Å². The van der Waals surface area contributed by atoms with Crippen LogP contribution < -0.4 is 0 Å². The van der Waals surface area contributed by atoms with E-state index in [2.05, 4.69) is 20.9 Å². The fraction of sp³-hybridized carbons (Fsp3) is 0.250. The van der Waals surface area contributed by atoms with Crippen molar-refractivity contribution in [3.63, 3.8) is 0 Å². The van der Waals surface area contributed by atoms with Gasteiger partial charge in [0.2, 0.25) is 0 Å². The number of thiazole rings is 1. The Morgan fingerprint density at radius 2 is 2.38 bits per heavy atom. The summed E-state index contributed by atoms with van der Waals surface area (Å²) in [5.41, 5.74) is 0.964. The van der Waals surface area contributed by atoms with Crippen LogP contribution in [0.1, 0.15) is 22.3 Å². The Balaban J connectivity index is 2.76. The standard InChI is InChI=1S/C8H7BrN2OS/c1-4-7(5(2)12)13-8-10-6(9)3-11(4)8/h3H,1-2H3. The van der Waals surface area contributed by atoms with Gasteiger partial charge in [-0.3, -0.25) is 9.20 Å². The van der Waals surface area contributed by atoms with Crippen molar-refractivity contribution < 1.29 is 4.79 Å². The van der Waals surface area contributed by atoms with Crippen molar-refractivity contribution >= 4 is 38.0 Å². The minimum Gasteiger partial charge on any atom is -0.294 e. The molecule has 13 heavy (non-hydrogen) atoms. The first-order chi connectivity index (χ1) is 6.09. The van der Waals surface area contributed by atoms with E-state index in [0.717, 1.165) is 20.1 Å². The molecule has 0 unspecified atom stereocenters. The van der Waals surface area contributed by atoms with Crippen molar-refractivity contribution in [2.24, 2.45) is 0 Å². The Morgan fingerprint density at radius 1 is 1.69 bits per heavy atom. The summed E-state index contributed by atoms with van der Waals surface area (Å²) in [6.07, 6.45) is 1.87. The molecule has 0 saturated carbocycles. The maximum atomic E-state index is 11.2. The average molecular weight is 259 g/mol. The Labute approximate surface area is 87.5 Å². The Bertz CT molecular complexity index is 486. The molecule has 0 aliphatic rings. The monoisotopic (exact) mass is 258 g/mol. The van der Waals surface area contributed by atoms with Gasteiger partial charge >= 0.3 is 0 Å². The molecule has 0 radical (unpaired) electrons. The minimum atomic E-state index is 0.101. The van der Waals surface area contributed by atoms with Crippen LogP contribution in [0.5, 0.6) is 0 Å². The van der Waals surface area contributed by atoms with Gasteiger partial charge < -0.3 is 0 Å². The van der Waals surface area contributed by atoms with Crippen molar-refractivity contribution in [2.75, 3.05) is 0 Å². The molecule has 2 aromatic rings. The lowest BCUT2D eigenvalue weighted by Gasteiger charge is -1.91. The molecule has 0 N–H and O–H groups in total. The van der Waals surface area contributed by atoms with Crippen LogP contribution in [-0.2, 0) is 0 Å². The van der Waals surface area contributed by atoms with Gasteiger partial charge in [-0.1, -0.05) is 11.3 Å². The van der Waals surface area contributed by atoms with Crippen molar-refractivity contribution in [1.82, 2.24) is 9.38 Å². The molecule has 0 atom stereocenters. The molecule has 2 heterocycles. The number of carbonyl (C=O) groups is 1. The smallest absolute Gasteiger partial charge is 0.195 e. The molecule has 0 saturated heterocycles. The van der Waals surface area contributed by atoms with Crippen molar-refractivity contribution in [1.29, 1.82) is 0 Å². The zero-order valence-corrected chi connectivity index (χ0v) is 9.57. The van der Waals surface area contributed by atoms with Gasteiger partial charge in [0, 0.05) is 18.8 Å². The Hall–Kier alpha value is -0.680. The van der Waals surface area contributed by atoms with E-state index in [0.29, 0.717) is 0 Å². The van der Waals surface area contributed by atoms with Gasteiger partial charge in [0.15, 0.2) is 10.7 Å². The van der Waals surface area contributed by atoms with Gasteiger partial charge in [0.1, 0.15) is 4.60 Å². The van der Waals surface area contributed by atoms with Gasteiger partial charge in [0.05, 0.1) is 4.88 Å². The maximum absolute atomic E-state index is 11.2. The lowest BCUT2D eigenvalue weighted by atomic mass is 10.3. The number of fused-ring (bicyclic) bond motifs is 1. The fourth-order valence-electron chi connectivity index (χ4n) is 1.25. The molecule has 0 aliphatic heterocycles. The number of Topliss-reactive ketones (excluding diaryl/α,β-unsaturated/α-hetero) is 1. The summed E-state index contributed by atoms with van der Waals surface area (Å²) in [6, 6.07) is 0. The summed E-state index contributed by atoms with van der Waals surface area (Å²) >= 11 is 4.71. The van der Waals surface area contributed by atoms with Gasteiger partial charge in [0.25, 0.3) is 0 Å². The zero-order valence-electron chi connectivity index (χ0n) is 7.17. The number of hydrogen-bond donors (Lipinski definition) is 0. The molecule has 3 nitrogen and oxygen atoms in total. The van der Waals surface area contributed by atoms with E-state index in [1.165, 1.54) is 11.3 Å². The number of rotatable bonds is 1. The predicted octanol–water partition coefficient (Wildman–Crippen LogP) is 2.67. The number of aryl methyl sites for hydroxylation is 1. The Kier molecular flexibility index (Phi) is 2.00. The highest BCUT2D eigenvalue weighted by atomic mass is 79.9. The van der Waals surface area contributed by atoms with Crippen LogP contribution in [0.15, 0.2) is 10.8 Å². The maximum Gasteiger partial charge on any atom is 0.195 e. The topological polar surface area (TPSA) is 34.4 Å². The third-order valence-corrected chi connectivity index (χ3v) is 3.49. The predicted molar refractivity (Wildman–Crippen MR) is 55.5 cm³/mol. The summed E-state index contributed by atoms with van der Waals surface area (Å²) < 4.78 is 2.72. The van der Waals surface area contributed by atoms with E-state index < -0.39 is 0 Å². The SMILES string of the molecule is CC(=O)c1sc2nc(Br)cn2c1C. The minimum absolute atomic E-state index is 0.101. The zero-order chi connectivity index (χ0) is 9.59. The normalized spacial score (nSPS) is 11.0. The summed E-state index contributed by atoms with van der Waals surface area (Å²) in [6.45, 7) is 3.50. The first kappa shape index (κ1) is 8.90. The van der Waals surface area contributed by atoms with Crippen molar-refractivity contribution in [3.8, 4) is 0 Å². The highest BCUT2D eigenvalue weighted by Gasteiger charge is 2.13. The van der Waals surface area contributed by atoms with E-state index in [1.807, 2.05) is 17.5 Å². The number of nitrogens with zero attached hydrogens (tertiary/aromatic N) is 2. The number of ketones is 1. The van der Waals surface area contributed by atoms with E-state index in [-0.39, 0.29) is 5.78 Å². The van der Waals surface area contributed by atoms with Crippen LogP contribution in [0, 0.1) is 6.92 Å². The molecule has 0 aromatic carbocycles. The number of aromatic nitrogens is 2. The van der Waals surface area contributed by atoms with Crippen LogP contribution >= 0.6 is 27.3 Å². The molecule has 5 heteroatoms. The molecular weight excluding hydrogens is 252 g/mol. The van der Waals surface area contributed by atoms with Gasteiger partial charge in [-0.2, -0.15) is 0 Å². The quantitative estimate of drug-likeness (QED) is 0.738. The first-order valence-electron chi connectivity index (χ1n) is 3.74. The van der Waals surface area contributed by atoms with Gasteiger partial charge in [-0.15, -0.1) is 0 Å². The van der Waals surface area contributed by atoms with E-state index in [1.54, 1.807) is 6.92 Å². The van der Waals surface area contributed by atoms with Crippen LogP contribution in [0.3, 0.4) is 0 Å². The fourth-order valence-corrected chi connectivity index (χ4v) is 2.74. The third-order valence-electron chi connectivity index (χ3n) is 1.85. The first-order valence-corrected chi connectivity index (χ1v) is 5.35. The molecule has 0 amide bonds. The largest absolute Gasteiger partial charge is 0.294 e. The molecule has 2 rings (SSSR count). The molecule has 2 aromatic heterocycles. The van der Waals surface area contributed by atoms with Crippen LogP contribution in [0.25, 0.3) is 4.96 Å². The number of imidazole rings is 1. The average Bonchev–Trinajstić information content (AvgIpc) is 2.51. The molecule has 0 fully saturated rings. The Morgan fingerprint density at radius 3 is 2.92 bits per heavy atom. The van der Waals surface area contributed by atoms with E-state index in [4.69, 9.17) is 0 Å². The van der Waals surface area contributed by atoms with Crippen LogP contribution in [0.2, 0.25) is 0 Å². The molecular formula is C8H7BrN2OS. The highest BCUT2D eigenvalue weighted by molar-refractivity contribution is 9.10. The van der Waals surface area contributed by atoms with E-state index in [9.17, 15) is 4.79 Å². The van der Waals surface area contributed by atoms with Crippen LogP contribution in [0.4, 0.5) is 0 Å². The summed E-state index contributed by atoms with van der Waals surface area (Å²) in [4.78, 5) is 17.0. The number of halogens is 1. The van der Waals surface area contributed by atoms with Crippen molar-refractivity contribution in [3.05, 3.63) is 21.4 Å². The summed E-state index contributed by atoms with van der Waals surface area (Å²) in [5, 5.41) is 0. The lowest BCUT2D eigenvalue weighted by Crippen LogP contribution is -1.92. The third kappa shape index (κ3) is 1.32. The molecule has 0 spiro atoms. The molecule has 0 aliphatic carbocycles. The van der Waals surface area contributed by atoms with Gasteiger partial charge in [-0.25, -0.2) is 4.98 Å². The second kappa shape index (κ2) is 2.92. The van der Waals surface area contributed by atoms with E-state index >= 15 is 0 Å². The molecule has 0 bridgehead atoms. The lowest BCUT2D eigenvalue weighted by molar-refractivity contribution is 0.102. The van der Waals surface area contributed by atoms with Gasteiger partial charge in [-0.05, 0) is 22.9 Å². The highest BCUT2D eigenvalue weighted by Crippen LogP contribution is 2.24.